The standard InChI is InChI=1S/C26H25N3O2/c1-19-5-3-6-22(15-19)18-31-24-11-12-25(20(2)16-24)28-26(30)17-21-7-9-23(10-8-21)29-14-4-13-27-29/h3-16H,17-18H2,1-2H3,(H,28,30). The van der Waals surface area contributed by atoms with Gasteiger partial charge in [-0.1, -0.05) is 42.0 Å². The zero-order valence-electron chi connectivity index (χ0n) is 17.7. The highest BCUT2D eigenvalue weighted by molar-refractivity contribution is 5.93. The van der Waals surface area contributed by atoms with Gasteiger partial charge in [0.25, 0.3) is 0 Å². The van der Waals surface area contributed by atoms with Crippen LogP contribution in [0.2, 0.25) is 0 Å². The number of hydrogen-bond donors (Lipinski definition) is 1. The van der Waals surface area contributed by atoms with Crippen molar-refractivity contribution in [2.75, 3.05) is 5.32 Å². The van der Waals surface area contributed by atoms with Crippen molar-refractivity contribution in [2.45, 2.75) is 26.9 Å². The number of carbonyl (C=O) groups excluding carboxylic acids is 1. The fourth-order valence-corrected chi connectivity index (χ4v) is 3.40. The van der Waals surface area contributed by atoms with Gasteiger partial charge < -0.3 is 10.1 Å². The number of carbonyl (C=O) groups is 1. The first-order chi connectivity index (χ1) is 15.1. The van der Waals surface area contributed by atoms with Crippen LogP contribution in [-0.2, 0) is 17.8 Å². The highest BCUT2D eigenvalue weighted by Gasteiger charge is 2.08. The molecule has 0 aliphatic heterocycles. The molecule has 4 aromatic rings. The minimum atomic E-state index is -0.0524. The molecule has 3 aromatic carbocycles. The third-order valence-electron chi connectivity index (χ3n) is 5.03. The average molecular weight is 412 g/mol. The largest absolute Gasteiger partial charge is 0.489 e. The lowest BCUT2D eigenvalue weighted by atomic mass is 10.1. The molecule has 0 bridgehead atoms. The number of rotatable bonds is 7. The first-order valence-electron chi connectivity index (χ1n) is 10.2. The second-order valence-corrected chi connectivity index (χ2v) is 7.60. The molecule has 0 atom stereocenters. The Labute approximate surface area is 182 Å². The van der Waals surface area contributed by atoms with Crippen LogP contribution in [-0.4, -0.2) is 15.7 Å². The summed E-state index contributed by atoms with van der Waals surface area (Å²) in [4.78, 5) is 12.5. The maximum absolute atomic E-state index is 12.5. The first kappa shape index (κ1) is 20.4. The molecule has 0 unspecified atom stereocenters. The summed E-state index contributed by atoms with van der Waals surface area (Å²) in [6, 6.07) is 23.7. The van der Waals surface area contributed by atoms with E-state index in [0.717, 1.165) is 33.8 Å². The van der Waals surface area contributed by atoms with Crippen molar-refractivity contribution >= 4 is 11.6 Å². The van der Waals surface area contributed by atoms with Gasteiger partial charge in [0.2, 0.25) is 5.91 Å². The van der Waals surface area contributed by atoms with Gasteiger partial charge in [0.15, 0.2) is 0 Å². The molecule has 0 radical (unpaired) electrons. The van der Waals surface area contributed by atoms with Gasteiger partial charge in [0, 0.05) is 18.1 Å². The van der Waals surface area contributed by atoms with Crippen molar-refractivity contribution in [3.8, 4) is 11.4 Å². The van der Waals surface area contributed by atoms with E-state index in [4.69, 9.17) is 4.74 Å². The Kier molecular flexibility index (Phi) is 6.13. The Bertz CT molecular complexity index is 1170. The number of anilines is 1. The van der Waals surface area contributed by atoms with Gasteiger partial charge in [-0.15, -0.1) is 0 Å². The van der Waals surface area contributed by atoms with Gasteiger partial charge in [-0.2, -0.15) is 5.10 Å². The molecule has 0 spiro atoms. The highest BCUT2D eigenvalue weighted by Crippen LogP contribution is 2.23. The van der Waals surface area contributed by atoms with Crippen molar-refractivity contribution in [1.82, 2.24) is 9.78 Å². The molecule has 1 N–H and O–H groups in total. The van der Waals surface area contributed by atoms with Crippen LogP contribution in [0, 0.1) is 13.8 Å². The third kappa shape index (κ3) is 5.39. The normalized spacial score (nSPS) is 10.6. The second-order valence-electron chi connectivity index (χ2n) is 7.60. The predicted octanol–water partition coefficient (Wildman–Crippen LogP) is 5.25. The van der Waals surface area contributed by atoms with Crippen LogP contribution < -0.4 is 10.1 Å². The summed E-state index contributed by atoms with van der Waals surface area (Å²) in [5.41, 5.74) is 6.01. The predicted molar refractivity (Wildman–Crippen MR) is 123 cm³/mol. The Balaban J connectivity index is 1.33. The summed E-state index contributed by atoms with van der Waals surface area (Å²) in [5.74, 6) is 0.731. The number of nitrogens with one attached hydrogen (secondary N) is 1. The van der Waals surface area contributed by atoms with E-state index in [0.29, 0.717) is 13.0 Å². The third-order valence-corrected chi connectivity index (χ3v) is 5.03. The van der Waals surface area contributed by atoms with Gasteiger partial charge in [-0.25, -0.2) is 4.68 Å². The lowest BCUT2D eigenvalue weighted by molar-refractivity contribution is -0.115. The molecule has 0 saturated heterocycles. The van der Waals surface area contributed by atoms with Crippen LogP contribution in [0.1, 0.15) is 22.3 Å². The molecule has 0 fully saturated rings. The monoisotopic (exact) mass is 411 g/mol. The summed E-state index contributed by atoms with van der Waals surface area (Å²) in [5, 5.41) is 7.21. The number of nitrogens with zero attached hydrogens (tertiary/aromatic N) is 2. The zero-order chi connectivity index (χ0) is 21.6. The van der Waals surface area contributed by atoms with Gasteiger partial charge >= 0.3 is 0 Å². The summed E-state index contributed by atoms with van der Waals surface area (Å²) in [6.45, 7) is 4.55. The first-order valence-corrected chi connectivity index (χ1v) is 10.2. The van der Waals surface area contributed by atoms with Crippen LogP contribution in [0.3, 0.4) is 0 Å². The SMILES string of the molecule is Cc1cccc(COc2ccc(NC(=O)Cc3ccc(-n4cccn4)cc3)c(C)c2)c1. The van der Waals surface area contributed by atoms with Crippen molar-refractivity contribution in [3.63, 3.8) is 0 Å². The van der Waals surface area contributed by atoms with Crippen molar-refractivity contribution < 1.29 is 9.53 Å². The Hall–Kier alpha value is -3.86. The topological polar surface area (TPSA) is 56.1 Å². The Morgan fingerprint density at radius 1 is 0.968 bits per heavy atom. The van der Waals surface area contributed by atoms with Crippen LogP contribution in [0.25, 0.3) is 5.69 Å². The fourth-order valence-electron chi connectivity index (χ4n) is 3.40. The molecule has 1 aromatic heterocycles. The summed E-state index contributed by atoms with van der Waals surface area (Å²) in [7, 11) is 0. The molecule has 4 rings (SSSR count). The number of aromatic nitrogens is 2. The van der Waals surface area contributed by atoms with Gasteiger partial charge in [-0.05, 0) is 66.9 Å². The van der Waals surface area contributed by atoms with Gasteiger partial charge in [0.1, 0.15) is 12.4 Å². The van der Waals surface area contributed by atoms with Gasteiger partial charge in [-0.3, -0.25) is 4.79 Å². The quantitative estimate of drug-likeness (QED) is 0.452. The molecule has 0 saturated carbocycles. The molecular weight excluding hydrogens is 386 g/mol. The minimum Gasteiger partial charge on any atom is -0.489 e. The number of amides is 1. The van der Waals surface area contributed by atoms with E-state index in [-0.39, 0.29) is 5.91 Å². The summed E-state index contributed by atoms with van der Waals surface area (Å²) < 4.78 is 7.69. The van der Waals surface area contributed by atoms with E-state index in [1.165, 1.54) is 5.56 Å². The van der Waals surface area contributed by atoms with Crippen LogP contribution in [0.5, 0.6) is 5.75 Å². The van der Waals surface area contributed by atoms with E-state index >= 15 is 0 Å². The lowest BCUT2D eigenvalue weighted by Crippen LogP contribution is -2.15. The number of hydrogen-bond acceptors (Lipinski definition) is 3. The maximum Gasteiger partial charge on any atom is 0.228 e. The fraction of sp³-hybridized carbons (Fsp3) is 0.154. The number of benzene rings is 3. The van der Waals surface area contributed by atoms with Crippen molar-refractivity contribution in [2.24, 2.45) is 0 Å². The molecule has 156 valence electrons. The number of aryl methyl sites for hydroxylation is 2. The minimum absolute atomic E-state index is 0.0524. The van der Waals surface area contributed by atoms with E-state index in [2.05, 4.69) is 35.5 Å². The molecule has 1 amide bonds. The molecule has 0 aliphatic rings. The van der Waals surface area contributed by atoms with Crippen molar-refractivity contribution in [3.05, 3.63) is 107 Å². The van der Waals surface area contributed by atoms with Crippen LogP contribution in [0.15, 0.2) is 85.2 Å². The Morgan fingerprint density at radius 3 is 2.52 bits per heavy atom. The molecule has 31 heavy (non-hydrogen) atoms. The average Bonchev–Trinajstić information content (AvgIpc) is 3.29. The highest BCUT2D eigenvalue weighted by atomic mass is 16.5. The van der Waals surface area contributed by atoms with E-state index < -0.39 is 0 Å². The van der Waals surface area contributed by atoms with Crippen molar-refractivity contribution in [1.29, 1.82) is 0 Å². The summed E-state index contributed by atoms with van der Waals surface area (Å²) in [6.07, 6.45) is 3.94. The van der Waals surface area contributed by atoms with E-state index in [1.807, 2.05) is 67.7 Å². The van der Waals surface area contributed by atoms with Crippen LogP contribution in [0.4, 0.5) is 5.69 Å². The smallest absolute Gasteiger partial charge is 0.228 e. The van der Waals surface area contributed by atoms with E-state index in [9.17, 15) is 4.79 Å². The number of ether oxygens (including phenoxy) is 1. The molecule has 0 aliphatic carbocycles. The van der Waals surface area contributed by atoms with E-state index in [1.54, 1.807) is 10.9 Å². The molecule has 5 heteroatoms. The molecule has 5 nitrogen and oxygen atoms in total. The van der Waals surface area contributed by atoms with Gasteiger partial charge in [0.05, 0.1) is 12.1 Å². The molecule has 1 heterocycles. The zero-order valence-corrected chi connectivity index (χ0v) is 17.7. The second kappa shape index (κ2) is 9.30. The Morgan fingerprint density at radius 2 is 1.81 bits per heavy atom. The van der Waals surface area contributed by atoms with Crippen LogP contribution >= 0.6 is 0 Å². The molecular formula is C26H25N3O2. The lowest BCUT2D eigenvalue weighted by Gasteiger charge is -2.12. The summed E-state index contributed by atoms with van der Waals surface area (Å²) >= 11 is 0. The maximum atomic E-state index is 12.5.